The van der Waals surface area contributed by atoms with Crippen molar-refractivity contribution in [3.63, 3.8) is 0 Å². The van der Waals surface area contributed by atoms with Crippen LogP contribution < -0.4 is 11.1 Å². The molecular weight excluding hydrogens is 228 g/mol. The minimum Gasteiger partial charge on any atom is -0.399 e. The third kappa shape index (κ3) is 4.22. The van der Waals surface area contributed by atoms with Gasteiger partial charge in [0.2, 0.25) is 5.91 Å². The molecule has 0 aliphatic rings. The van der Waals surface area contributed by atoms with E-state index in [9.17, 15) is 9.90 Å². The largest absolute Gasteiger partial charge is 0.399 e. The summed E-state index contributed by atoms with van der Waals surface area (Å²) in [7, 11) is 0. The molecule has 4 N–H and O–H groups in total. The van der Waals surface area contributed by atoms with Gasteiger partial charge in [0.05, 0.1) is 11.6 Å². The van der Waals surface area contributed by atoms with Gasteiger partial charge in [-0.05, 0) is 44.5 Å². The molecule has 1 amide bonds. The standard InChI is InChI=1S/C14H20N2O2/c1-10(17)14(2,3)16-13(18)8-7-11-5-4-6-12(15)9-11/h4-10,17H,15H2,1-3H3,(H,16,18)/b8-7+. The Bertz CT molecular complexity index is 451. The van der Waals surface area contributed by atoms with Crippen LogP contribution in [0.25, 0.3) is 6.08 Å². The number of amides is 1. The molecule has 0 heterocycles. The van der Waals surface area contributed by atoms with Gasteiger partial charge in [-0.3, -0.25) is 4.79 Å². The first-order valence-corrected chi connectivity index (χ1v) is 5.85. The second kappa shape index (κ2) is 5.69. The number of benzene rings is 1. The lowest BCUT2D eigenvalue weighted by Crippen LogP contribution is -2.50. The number of nitrogens with one attached hydrogen (secondary N) is 1. The average Bonchev–Trinajstić information content (AvgIpc) is 2.25. The van der Waals surface area contributed by atoms with Crippen LogP contribution in [0.15, 0.2) is 30.3 Å². The Morgan fingerprint density at radius 1 is 1.50 bits per heavy atom. The molecule has 0 radical (unpaired) electrons. The lowest BCUT2D eigenvalue weighted by molar-refractivity contribution is -0.119. The van der Waals surface area contributed by atoms with Gasteiger partial charge in [0.15, 0.2) is 0 Å². The van der Waals surface area contributed by atoms with E-state index in [1.807, 2.05) is 12.1 Å². The third-order valence-corrected chi connectivity index (χ3v) is 2.83. The predicted molar refractivity (Wildman–Crippen MR) is 73.8 cm³/mol. The number of hydrogen-bond donors (Lipinski definition) is 3. The molecule has 4 heteroatoms. The van der Waals surface area contributed by atoms with Crippen LogP contribution in [0.4, 0.5) is 5.69 Å². The second-order valence-electron chi connectivity index (χ2n) is 4.89. The van der Waals surface area contributed by atoms with E-state index in [2.05, 4.69) is 5.32 Å². The molecule has 1 aromatic rings. The molecule has 0 saturated carbocycles. The molecule has 4 nitrogen and oxygen atoms in total. The minimum absolute atomic E-state index is 0.247. The zero-order valence-electron chi connectivity index (χ0n) is 11.0. The third-order valence-electron chi connectivity index (χ3n) is 2.83. The van der Waals surface area contributed by atoms with Crippen molar-refractivity contribution in [1.29, 1.82) is 0 Å². The Morgan fingerprint density at radius 3 is 2.72 bits per heavy atom. The quantitative estimate of drug-likeness (QED) is 0.559. The fourth-order valence-corrected chi connectivity index (χ4v) is 1.30. The number of hydrogen-bond acceptors (Lipinski definition) is 3. The molecule has 18 heavy (non-hydrogen) atoms. The Balaban J connectivity index is 2.66. The molecule has 0 aromatic heterocycles. The summed E-state index contributed by atoms with van der Waals surface area (Å²) >= 11 is 0. The number of nitrogens with two attached hydrogens (primary N) is 1. The number of rotatable bonds is 4. The Kier molecular flexibility index (Phi) is 4.50. The summed E-state index contributed by atoms with van der Waals surface area (Å²) in [6.07, 6.45) is 2.49. The van der Waals surface area contributed by atoms with Crippen LogP contribution in [0.2, 0.25) is 0 Å². The summed E-state index contributed by atoms with van der Waals surface area (Å²) in [5.41, 5.74) is 6.50. The molecule has 0 aliphatic heterocycles. The molecule has 1 atom stereocenters. The number of aliphatic hydroxyl groups is 1. The van der Waals surface area contributed by atoms with Crippen molar-refractivity contribution in [3.8, 4) is 0 Å². The van der Waals surface area contributed by atoms with E-state index < -0.39 is 11.6 Å². The highest BCUT2D eigenvalue weighted by molar-refractivity contribution is 5.92. The highest BCUT2D eigenvalue weighted by Crippen LogP contribution is 2.10. The van der Waals surface area contributed by atoms with Crippen LogP contribution in [0.5, 0.6) is 0 Å². The van der Waals surface area contributed by atoms with Crippen molar-refractivity contribution in [2.75, 3.05) is 5.73 Å². The smallest absolute Gasteiger partial charge is 0.244 e. The van der Waals surface area contributed by atoms with Crippen molar-refractivity contribution in [1.82, 2.24) is 5.32 Å². The zero-order chi connectivity index (χ0) is 13.8. The molecule has 0 bridgehead atoms. The fourth-order valence-electron chi connectivity index (χ4n) is 1.30. The maximum Gasteiger partial charge on any atom is 0.244 e. The van der Waals surface area contributed by atoms with Crippen molar-refractivity contribution in [2.24, 2.45) is 0 Å². The number of anilines is 1. The summed E-state index contributed by atoms with van der Waals surface area (Å²) in [6.45, 7) is 5.18. The van der Waals surface area contributed by atoms with Crippen LogP contribution in [-0.4, -0.2) is 22.7 Å². The molecule has 1 unspecified atom stereocenters. The summed E-state index contributed by atoms with van der Waals surface area (Å²) in [5, 5.41) is 12.2. The van der Waals surface area contributed by atoms with Crippen LogP contribution in [0.1, 0.15) is 26.3 Å². The van der Waals surface area contributed by atoms with Gasteiger partial charge in [-0.1, -0.05) is 12.1 Å². The van der Waals surface area contributed by atoms with Gasteiger partial charge in [0.25, 0.3) is 0 Å². The Labute approximate surface area is 108 Å². The van der Waals surface area contributed by atoms with Crippen molar-refractivity contribution >= 4 is 17.7 Å². The van der Waals surface area contributed by atoms with Crippen LogP contribution in [-0.2, 0) is 4.79 Å². The van der Waals surface area contributed by atoms with Crippen molar-refractivity contribution in [2.45, 2.75) is 32.4 Å². The second-order valence-corrected chi connectivity index (χ2v) is 4.89. The highest BCUT2D eigenvalue weighted by atomic mass is 16.3. The first-order valence-electron chi connectivity index (χ1n) is 5.85. The Morgan fingerprint density at radius 2 is 2.17 bits per heavy atom. The van der Waals surface area contributed by atoms with Crippen LogP contribution >= 0.6 is 0 Å². The van der Waals surface area contributed by atoms with Crippen LogP contribution in [0.3, 0.4) is 0 Å². The Hall–Kier alpha value is -1.81. The van der Waals surface area contributed by atoms with Crippen LogP contribution in [0, 0.1) is 0 Å². The number of nitrogen functional groups attached to an aromatic ring is 1. The summed E-state index contributed by atoms with van der Waals surface area (Å²) in [6, 6.07) is 7.25. The summed E-state index contributed by atoms with van der Waals surface area (Å²) < 4.78 is 0. The van der Waals surface area contributed by atoms with E-state index >= 15 is 0 Å². The summed E-state index contributed by atoms with van der Waals surface area (Å²) in [5.74, 6) is -0.247. The van der Waals surface area contributed by atoms with E-state index in [4.69, 9.17) is 5.73 Å². The van der Waals surface area contributed by atoms with Gasteiger partial charge < -0.3 is 16.2 Å². The first-order chi connectivity index (χ1) is 8.31. The monoisotopic (exact) mass is 248 g/mol. The predicted octanol–water partition coefficient (Wildman–Crippen LogP) is 1.56. The van der Waals surface area contributed by atoms with E-state index in [0.29, 0.717) is 5.69 Å². The van der Waals surface area contributed by atoms with Gasteiger partial charge >= 0.3 is 0 Å². The maximum atomic E-state index is 11.7. The van der Waals surface area contributed by atoms with E-state index in [1.54, 1.807) is 39.0 Å². The normalized spacial score (nSPS) is 13.6. The van der Waals surface area contributed by atoms with Crippen molar-refractivity contribution < 1.29 is 9.90 Å². The zero-order valence-corrected chi connectivity index (χ0v) is 11.0. The number of carbonyl (C=O) groups excluding carboxylic acids is 1. The number of aliphatic hydroxyl groups excluding tert-OH is 1. The molecular formula is C14H20N2O2. The SMILES string of the molecule is CC(O)C(C)(C)NC(=O)/C=C/c1cccc(N)c1. The lowest BCUT2D eigenvalue weighted by Gasteiger charge is -2.28. The molecule has 0 aliphatic carbocycles. The molecule has 0 fully saturated rings. The van der Waals surface area contributed by atoms with E-state index in [0.717, 1.165) is 5.56 Å². The maximum absolute atomic E-state index is 11.7. The molecule has 1 rings (SSSR count). The van der Waals surface area contributed by atoms with E-state index in [1.165, 1.54) is 6.08 Å². The first kappa shape index (κ1) is 14.3. The topological polar surface area (TPSA) is 75.3 Å². The van der Waals surface area contributed by atoms with Gasteiger partial charge in [0, 0.05) is 11.8 Å². The lowest BCUT2D eigenvalue weighted by atomic mass is 9.99. The van der Waals surface area contributed by atoms with Gasteiger partial charge in [0.1, 0.15) is 0 Å². The van der Waals surface area contributed by atoms with E-state index in [-0.39, 0.29) is 5.91 Å². The molecule has 0 spiro atoms. The average molecular weight is 248 g/mol. The molecule has 0 saturated heterocycles. The molecule has 98 valence electrons. The summed E-state index contributed by atoms with van der Waals surface area (Å²) in [4.78, 5) is 11.7. The highest BCUT2D eigenvalue weighted by Gasteiger charge is 2.24. The van der Waals surface area contributed by atoms with Crippen molar-refractivity contribution in [3.05, 3.63) is 35.9 Å². The fraction of sp³-hybridized carbons (Fsp3) is 0.357. The number of carbonyl (C=O) groups is 1. The van der Waals surface area contributed by atoms with Gasteiger partial charge in [-0.25, -0.2) is 0 Å². The van der Waals surface area contributed by atoms with Gasteiger partial charge in [-0.15, -0.1) is 0 Å². The van der Waals surface area contributed by atoms with Gasteiger partial charge in [-0.2, -0.15) is 0 Å². The molecule has 1 aromatic carbocycles. The minimum atomic E-state index is -0.656.